The molecule has 0 aliphatic rings. The minimum Gasteiger partial charge on any atom is -0.457 e. The lowest BCUT2D eigenvalue weighted by Gasteiger charge is -2.20. The van der Waals surface area contributed by atoms with Crippen LogP contribution in [0.5, 0.6) is 0 Å². The Bertz CT molecular complexity index is 662. The first-order valence-corrected chi connectivity index (χ1v) is 18.7. The van der Waals surface area contributed by atoms with E-state index in [-0.39, 0.29) is 32.3 Å². The number of carbonyl (C=O) groups is 1. The fraction of sp³-hybridized carbons (Fsp3) is 0.909. The maximum atomic E-state index is 12.3. The molecule has 0 saturated heterocycles. The molecule has 8 nitrogen and oxygen atoms in total. The minimum absolute atomic E-state index is 0.0941. The summed E-state index contributed by atoms with van der Waals surface area (Å²) in [6, 6.07) is 0. The maximum Gasteiger partial charge on any atom is 0.472 e. The first-order chi connectivity index (χ1) is 20.4. The van der Waals surface area contributed by atoms with Crippen LogP contribution < -0.4 is 5.73 Å². The van der Waals surface area contributed by atoms with Crippen molar-refractivity contribution in [1.82, 2.24) is 0 Å². The summed E-state index contributed by atoms with van der Waals surface area (Å²) >= 11 is 0. The van der Waals surface area contributed by atoms with Crippen molar-refractivity contribution in [3.05, 3.63) is 12.2 Å². The molecule has 0 aromatic rings. The van der Waals surface area contributed by atoms with Crippen LogP contribution in [0.25, 0.3) is 0 Å². The molecule has 0 aliphatic heterocycles. The van der Waals surface area contributed by atoms with Crippen LogP contribution in [-0.2, 0) is 27.9 Å². The van der Waals surface area contributed by atoms with Gasteiger partial charge < -0.3 is 20.1 Å². The lowest BCUT2D eigenvalue weighted by molar-refractivity contribution is -0.154. The Morgan fingerprint density at radius 1 is 0.690 bits per heavy atom. The fourth-order valence-corrected chi connectivity index (χ4v) is 5.40. The Morgan fingerprint density at radius 3 is 1.74 bits per heavy atom. The molecule has 0 heterocycles. The van der Waals surface area contributed by atoms with Crippen LogP contribution in [-0.4, -0.2) is 49.9 Å². The second-order valence-electron chi connectivity index (χ2n) is 11.4. The smallest absolute Gasteiger partial charge is 0.457 e. The van der Waals surface area contributed by atoms with Gasteiger partial charge >= 0.3 is 13.8 Å². The van der Waals surface area contributed by atoms with Crippen molar-refractivity contribution in [2.45, 2.75) is 161 Å². The molecule has 0 spiro atoms. The van der Waals surface area contributed by atoms with E-state index in [1.165, 1.54) is 89.9 Å². The van der Waals surface area contributed by atoms with Crippen molar-refractivity contribution in [1.29, 1.82) is 0 Å². The molecule has 0 fully saturated rings. The van der Waals surface area contributed by atoms with E-state index in [1.54, 1.807) is 0 Å². The largest absolute Gasteiger partial charge is 0.472 e. The maximum absolute atomic E-state index is 12.3. The Morgan fingerprint density at radius 2 is 1.19 bits per heavy atom. The summed E-state index contributed by atoms with van der Waals surface area (Å²) < 4.78 is 33.0. The van der Waals surface area contributed by atoms with Crippen molar-refractivity contribution in [2.24, 2.45) is 5.73 Å². The van der Waals surface area contributed by atoms with Crippen LogP contribution in [0.2, 0.25) is 0 Å². The van der Waals surface area contributed by atoms with Gasteiger partial charge in [-0.3, -0.25) is 13.8 Å². The standard InChI is InChI=1S/C33H66NO7P/c1-3-5-7-9-10-11-12-13-14-15-16-17-18-19-20-21-23-25-28-38-30-32(31-40-42(36,37)39-29-27-34)41-33(35)26-24-22-8-6-4-2/h13-14,32H,3-12,15-31,34H2,1-2H3,(H,36,37)/b14-13-. The van der Waals surface area contributed by atoms with Crippen molar-refractivity contribution >= 4 is 13.8 Å². The lowest BCUT2D eigenvalue weighted by atomic mass is 10.1. The van der Waals surface area contributed by atoms with Gasteiger partial charge in [-0.25, -0.2) is 4.57 Å². The van der Waals surface area contributed by atoms with E-state index in [4.69, 9.17) is 24.3 Å². The first-order valence-electron chi connectivity index (χ1n) is 17.2. The highest BCUT2D eigenvalue weighted by atomic mass is 31.2. The molecule has 0 aromatic heterocycles. The number of hydrogen-bond acceptors (Lipinski definition) is 7. The van der Waals surface area contributed by atoms with E-state index in [0.717, 1.165) is 44.9 Å². The van der Waals surface area contributed by atoms with Gasteiger partial charge in [0.15, 0.2) is 0 Å². The minimum atomic E-state index is -4.25. The summed E-state index contributed by atoms with van der Waals surface area (Å²) in [5.74, 6) is -0.344. The van der Waals surface area contributed by atoms with Gasteiger partial charge in [-0.15, -0.1) is 0 Å². The molecule has 3 N–H and O–H groups in total. The van der Waals surface area contributed by atoms with E-state index in [0.29, 0.717) is 13.0 Å². The van der Waals surface area contributed by atoms with Gasteiger partial charge in [0.2, 0.25) is 0 Å². The number of nitrogens with two attached hydrogens (primary N) is 1. The Hall–Kier alpha value is -0.760. The summed E-state index contributed by atoms with van der Waals surface area (Å²) in [5, 5.41) is 0. The normalized spacial score (nSPS) is 13.9. The number of phosphoric acid groups is 1. The number of carbonyl (C=O) groups excluding carboxylic acids is 1. The fourth-order valence-electron chi connectivity index (χ4n) is 4.64. The molecule has 0 aliphatic carbocycles. The molecule has 2 unspecified atom stereocenters. The van der Waals surface area contributed by atoms with Gasteiger partial charge in [-0.2, -0.15) is 0 Å². The predicted octanol–water partition coefficient (Wildman–Crippen LogP) is 9.19. The highest BCUT2D eigenvalue weighted by Gasteiger charge is 2.25. The van der Waals surface area contributed by atoms with Crippen LogP contribution in [0.4, 0.5) is 0 Å². The number of rotatable bonds is 33. The average molecular weight is 620 g/mol. The van der Waals surface area contributed by atoms with Gasteiger partial charge in [0.05, 0.1) is 19.8 Å². The number of ether oxygens (including phenoxy) is 2. The SMILES string of the molecule is CCCCCCCC/C=C\CCCCCCCCCCOCC(COP(=O)(O)OCCN)OC(=O)CCCCCCC. The molecular weight excluding hydrogens is 553 g/mol. The molecule has 9 heteroatoms. The zero-order valence-electron chi connectivity index (χ0n) is 27.2. The van der Waals surface area contributed by atoms with Crippen molar-refractivity contribution < 1.29 is 32.8 Å². The first kappa shape index (κ1) is 41.2. The highest BCUT2D eigenvalue weighted by Crippen LogP contribution is 2.43. The second kappa shape index (κ2) is 31.7. The van der Waals surface area contributed by atoms with Crippen molar-refractivity contribution in [2.75, 3.05) is 33.0 Å². The quantitative estimate of drug-likeness (QED) is 0.0323. The van der Waals surface area contributed by atoms with Crippen LogP contribution in [0, 0.1) is 0 Å². The Balaban J connectivity index is 3.92. The Kier molecular flexibility index (Phi) is 31.1. The Labute approximate surface area is 258 Å². The molecule has 250 valence electrons. The summed E-state index contributed by atoms with van der Waals surface area (Å²) in [7, 11) is -4.25. The van der Waals surface area contributed by atoms with E-state index in [2.05, 4.69) is 26.0 Å². The number of esters is 1. The monoisotopic (exact) mass is 619 g/mol. The molecule has 2 atom stereocenters. The van der Waals surface area contributed by atoms with Crippen LogP contribution in [0.15, 0.2) is 12.2 Å². The summed E-state index contributed by atoms with van der Waals surface area (Å²) in [6.07, 6.45) is 29.8. The average Bonchev–Trinajstić information content (AvgIpc) is 2.97. The molecule has 0 rings (SSSR count). The number of allylic oxidation sites excluding steroid dienone is 2. The molecule has 0 amide bonds. The molecule has 42 heavy (non-hydrogen) atoms. The van der Waals surface area contributed by atoms with E-state index in [9.17, 15) is 14.3 Å². The van der Waals surface area contributed by atoms with E-state index < -0.39 is 13.9 Å². The third kappa shape index (κ3) is 30.7. The zero-order chi connectivity index (χ0) is 31.0. The predicted molar refractivity (Wildman–Crippen MR) is 174 cm³/mol. The number of phosphoric ester groups is 1. The van der Waals surface area contributed by atoms with Crippen LogP contribution >= 0.6 is 7.82 Å². The van der Waals surface area contributed by atoms with Gasteiger partial charge in [0, 0.05) is 19.6 Å². The van der Waals surface area contributed by atoms with Crippen LogP contribution in [0.3, 0.4) is 0 Å². The van der Waals surface area contributed by atoms with Gasteiger partial charge in [0.1, 0.15) is 6.10 Å². The summed E-state index contributed by atoms with van der Waals surface area (Å²) in [5.41, 5.74) is 5.32. The van der Waals surface area contributed by atoms with Gasteiger partial charge in [-0.1, -0.05) is 122 Å². The summed E-state index contributed by atoms with van der Waals surface area (Å²) in [4.78, 5) is 22.0. The number of hydrogen-bond donors (Lipinski definition) is 2. The molecular formula is C33H66NO7P. The van der Waals surface area contributed by atoms with Crippen molar-refractivity contribution in [3.8, 4) is 0 Å². The van der Waals surface area contributed by atoms with E-state index in [1.807, 2.05) is 0 Å². The number of unbranched alkanes of at least 4 members (excludes halogenated alkanes) is 18. The summed E-state index contributed by atoms with van der Waals surface area (Å²) in [6.45, 7) is 4.82. The molecule has 0 radical (unpaired) electrons. The third-order valence-corrected chi connectivity index (χ3v) is 8.17. The molecule has 0 bridgehead atoms. The molecule has 0 aromatic carbocycles. The van der Waals surface area contributed by atoms with Crippen LogP contribution in [0.1, 0.15) is 155 Å². The zero-order valence-corrected chi connectivity index (χ0v) is 28.1. The van der Waals surface area contributed by atoms with Gasteiger partial charge in [-0.05, 0) is 38.5 Å². The van der Waals surface area contributed by atoms with Crippen molar-refractivity contribution in [3.63, 3.8) is 0 Å². The van der Waals surface area contributed by atoms with Gasteiger partial charge in [0.25, 0.3) is 0 Å². The van der Waals surface area contributed by atoms with E-state index >= 15 is 0 Å². The topological polar surface area (TPSA) is 117 Å². The third-order valence-electron chi connectivity index (χ3n) is 7.18. The highest BCUT2D eigenvalue weighted by molar-refractivity contribution is 7.47. The second-order valence-corrected chi connectivity index (χ2v) is 12.8. The molecule has 0 saturated carbocycles. The lowest BCUT2D eigenvalue weighted by Crippen LogP contribution is -2.28.